The van der Waals surface area contributed by atoms with Crippen LogP contribution in [0.3, 0.4) is 0 Å². The molecule has 2 N–H and O–H groups in total. The predicted molar refractivity (Wildman–Crippen MR) is 48.2 cm³/mol. The molecule has 0 bridgehead atoms. The van der Waals surface area contributed by atoms with Crippen molar-refractivity contribution < 1.29 is 5.11 Å². The van der Waals surface area contributed by atoms with Crippen LogP contribution in [-0.2, 0) is 0 Å². The molecule has 1 aliphatic rings. The first-order valence-corrected chi connectivity index (χ1v) is 4.30. The van der Waals surface area contributed by atoms with E-state index in [1.54, 1.807) is 0 Å². The standard InChI is InChI=1S/C10H13NO/c1-7-2-3-8(6-10(7)12)9-4-5-11-9/h2-3,6,9,11-12H,4-5H2,1H3. The predicted octanol–water partition coefficient (Wildman–Crippen LogP) is 1.74. The summed E-state index contributed by atoms with van der Waals surface area (Å²) in [5, 5.41) is 12.7. The lowest BCUT2D eigenvalue weighted by molar-refractivity contribution is 0.380. The van der Waals surface area contributed by atoms with E-state index in [0.29, 0.717) is 11.8 Å². The Bertz CT molecular complexity index is 292. The van der Waals surface area contributed by atoms with E-state index in [4.69, 9.17) is 0 Å². The summed E-state index contributed by atoms with van der Waals surface area (Å²) < 4.78 is 0. The molecule has 1 aromatic carbocycles. The average molecular weight is 163 g/mol. The maximum absolute atomic E-state index is 9.44. The highest BCUT2D eigenvalue weighted by Crippen LogP contribution is 2.27. The number of benzene rings is 1. The van der Waals surface area contributed by atoms with Crippen LogP contribution < -0.4 is 5.32 Å². The molecule has 1 heterocycles. The molecule has 64 valence electrons. The molecular formula is C10H13NO. The third-order valence-corrected chi connectivity index (χ3v) is 2.46. The fourth-order valence-electron chi connectivity index (χ4n) is 1.42. The highest BCUT2D eigenvalue weighted by molar-refractivity contribution is 5.37. The first-order valence-electron chi connectivity index (χ1n) is 4.30. The molecule has 1 fully saturated rings. The summed E-state index contributed by atoms with van der Waals surface area (Å²) in [4.78, 5) is 0. The first kappa shape index (κ1) is 7.62. The Morgan fingerprint density at radius 2 is 2.25 bits per heavy atom. The summed E-state index contributed by atoms with van der Waals surface area (Å²) >= 11 is 0. The first-order chi connectivity index (χ1) is 5.77. The van der Waals surface area contributed by atoms with Crippen LogP contribution in [0.1, 0.15) is 23.6 Å². The van der Waals surface area contributed by atoms with Crippen molar-refractivity contribution in [1.29, 1.82) is 0 Å². The van der Waals surface area contributed by atoms with Crippen LogP contribution in [0.25, 0.3) is 0 Å². The summed E-state index contributed by atoms with van der Waals surface area (Å²) in [5.74, 6) is 0.404. The number of rotatable bonds is 1. The summed E-state index contributed by atoms with van der Waals surface area (Å²) in [6, 6.07) is 6.36. The van der Waals surface area contributed by atoms with Gasteiger partial charge in [0.2, 0.25) is 0 Å². The minimum atomic E-state index is 0.404. The van der Waals surface area contributed by atoms with Gasteiger partial charge >= 0.3 is 0 Å². The van der Waals surface area contributed by atoms with Gasteiger partial charge in [-0.3, -0.25) is 0 Å². The molecule has 2 rings (SSSR count). The second-order valence-corrected chi connectivity index (χ2v) is 3.34. The van der Waals surface area contributed by atoms with Gasteiger partial charge in [0.1, 0.15) is 5.75 Å². The molecule has 0 radical (unpaired) electrons. The molecule has 12 heavy (non-hydrogen) atoms. The number of aromatic hydroxyl groups is 1. The molecule has 1 unspecified atom stereocenters. The molecule has 0 aromatic heterocycles. The molecule has 0 aliphatic carbocycles. The van der Waals surface area contributed by atoms with Crippen molar-refractivity contribution in [3.05, 3.63) is 29.3 Å². The number of aryl methyl sites for hydroxylation is 1. The molecule has 2 nitrogen and oxygen atoms in total. The number of nitrogens with one attached hydrogen (secondary N) is 1. The Labute approximate surface area is 72.2 Å². The van der Waals surface area contributed by atoms with Crippen LogP contribution in [0.4, 0.5) is 0 Å². The van der Waals surface area contributed by atoms with Crippen molar-refractivity contribution in [2.45, 2.75) is 19.4 Å². The smallest absolute Gasteiger partial charge is 0.118 e. The summed E-state index contributed by atoms with van der Waals surface area (Å²) in [6.07, 6.45) is 1.18. The minimum Gasteiger partial charge on any atom is -0.508 e. The van der Waals surface area contributed by atoms with Crippen molar-refractivity contribution >= 4 is 0 Å². The van der Waals surface area contributed by atoms with E-state index in [1.165, 1.54) is 12.0 Å². The van der Waals surface area contributed by atoms with Crippen molar-refractivity contribution in [3.8, 4) is 5.75 Å². The quantitative estimate of drug-likeness (QED) is 0.661. The number of phenolic OH excluding ortho intramolecular Hbond substituents is 1. The van der Waals surface area contributed by atoms with Crippen LogP contribution in [0.15, 0.2) is 18.2 Å². The maximum atomic E-state index is 9.44. The molecular weight excluding hydrogens is 150 g/mol. The zero-order chi connectivity index (χ0) is 8.55. The van der Waals surface area contributed by atoms with E-state index in [0.717, 1.165) is 12.1 Å². The Kier molecular flexibility index (Phi) is 1.77. The second kappa shape index (κ2) is 2.79. The van der Waals surface area contributed by atoms with Gasteiger partial charge in [0.05, 0.1) is 0 Å². The summed E-state index contributed by atoms with van der Waals surface area (Å²) in [5.41, 5.74) is 2.14. The van der Waals surface area contributed by atoms with Gasteiger partial charge in [0.25, 0.3) is 0 Å². The molecule has 2 heteroatoms. The molecule has 1 atom stereocenters. The monoisotopic (exact) mass is 163 g/mol. The highest BCUT2D eigenvalue weighted by Gasteiger charge is 2.18. The second-order valence-electron chi connectivity index (χ2n) is 3.34. The summed E-state index contributed by atoms with van der Waals surface area (Å²) in [6.45, 7) is 3.01. The molecule has 0 saturated carbocycles. The van der Waals surface area contributed by atoms with E-state index < -0.39 is 0 Å². The molecule has 1 aromatic rings. The van der Waals surface area contributed by atoms with Gasteiger partial charge in [-0.25, -0.2) is 0 Å². The summed E-state index contributed by atoms with van der Waals surface area (Å²) in [7, 11) is 0. The van der Waals surface area contributed by atoms with E-state index in [-0.39, 0.29) is 0 Å². The van der Waals surface area contributed by atoms with Gasteiger partial charge in [-0.05, 0) is 37.1 Å². The zero-order valence-corrected chi connectivity index (χ0v) is 7.17. The van der Waals surface area contributed by atoms with Crippen LogP contribution in [0.2, 0.25) is 0 Å². The maximum Gasteiger partial charge on any atom is 0.118 e. The van der Waals surface area contributed by atoms with Gasteiger partial charge in [0.15, 0.2) is 0 Å². The number of phenols is 1. The van der Waals surface area contributed by atoms with Crippen molar-refractivity contribution in [2.24, 2.45) is 0 Å². The van der Waals surface area contributed by atoms with E-state index in [2.05, 4.69) is 11.4 Å². The molecule has 1 saturated heterocycles. The molecule has 1 aliphatic heterocycles. The lowest BCUT2D eigenvalue weighted by Crippen LogP contribution is -2.34. The molecule has 0 spiro atoms. The van der Waals surface area contributed by atoms with E-state index >= 15 is 0 Å². The van der Waals surface area contributed by atoms with Gasteiger partial charge < -0.3 is 10.4 Å². The fourth-order valence-corrected chi connectivity index (χ4v) is 1.42. The zero-order valence-electron chi connectivity index (χ0n) is 7.17. The van der Waals surface area contributed by atoms with E-state index in [9.17, 15) is 5.11 Å². The SMILES string of the molecule is Cc1ccc(C2CCN2)cc1O. The highest BCUT2D eigenvalue weighted by atomic mass is 16.3. The van der Waals surface area contributed by atoms with Crippen LogP contribution >= 0.6 is 0 Å². The van der Waals surface area contributed by atoms with Crippen molar-refractivity contribution in [1.82, 2.24) is 5.32 Å². The van der Waals surface area contributed by atoms with Gasteiger partial charge in [0, 0.05) is 6.04 Å². The van der Waals surface area contributed by atoms with Gasteiger partial charge in [-0.2, -0.15) is 0 Å². The minimum absolute atomic E-state index is 0.404. The topological polar surface area (TPSA) is 32.3 Å². The Morgan fingerprint density at radius 3 is 2.75 bits per heavy atom. The Hall–Kier alpha value is -1.02. The van der Waals surface area contributed by atoms with Crippen molar-refractivity contribution in [2.75, 3.05) is 6.54 Å². The van der Waals surface area contributed by atoms with Gasteiger partial charge in [-0.15, -0.1) is 0 Å². The van der Waals surface area contributed by atoms with E-state index in [1.807, 2.05) is 19.1 Å². The number of hydrogen-bond acceptors (Lipinski definition) is 2. The average Bonchev–Trinajstić information content (AvgIpc) is 1.93. The Morgan fingerprint density at radius 1 is 1.50 bits per heavy atom. The third-order valence-electron chi connectivity index (χ3n) is 2.46. The van der Waals surface area contributed by atoms with Crippen molar-refractivity contribution in [3.63, 3.8) is 0 Å². The molecule has 0 amide bonds. The Balaban J connectivity index is 2.27. The van der Waals surface area contributed by atoms with Gasteiger partial charge in [-0.1, -0.05) is 12.1 Å². The van der Waals surface area contributed by atoms with Crippen LogP contribution in [0.5, 0.6) is 5.75 Å². The lowest BCUT2D eigenvalue weighted by Gasteiger charge is -2.28. The normalized spacial score (nSPS) is 21.9. The fraction of sp³-hybridized carbons (Fsp3) is 0.400. The van der Waals surface area contributed by atoms with Crippen LogP contribution in [-0.4, -0.2) is 11.7 Å². The largest absolute Gasteiger partial charge is 0.508 e. The number of hydrogen-bond donors (Lipinski definition) is 2. The third kappa shape index (κ3) is 1.18. The van der Waals surface area contributed by atoms with Crippen LogP contribution in [0, 0.1) is 6.92 Å². The lowest BCUT2D eigenvalue weighted by atomic mass is 9.97.